The molecule has 1 saturated carbocycles. The van der Waals surface area contributed by atoms with Gasteiger partial charge in [-0.3, -0.25) is 9.89 Å². The van der Waals surface area contributed by atoms with Crippen LogP contribution >= 0.6 is 0 Å². The molecule has 1 aliphatic carbocycles. The molecule has 1 heterocycles. The molecule has 1 aromatic carbocycles. The number of hydrogen-bond acceptors (Lipinski definition) is 3. The average molecular weight is 258 g/mol. The summed E-state index contributed by atoms with van der Waals surface area (Å²) < 4.78 is 0. The Bertz CT molecular complexity index is 598. The van der Waals surface area contributed by atoms with Crippen molar-refractivity contribution in [2.75, 3.05) is 11.9 Å². The largest absolute Gasteiger partial charge is 0.329 e. The summed E-state index contributed by atoms with van der Waals surface area (Å²) >= 11 is 0. The van der Waals surface area contributed by atoms with Crippen LogP contribution in [0.2, 0.25) is 0 Å². The van der Waals surface area contributed by atoms with E-state index in [1.165, 1.54) is 0 Å². The molecule has 0 atom stereocenters. The summed E-state index contributed by atoms with van der Waals surface area (Å²) in [4.78, 5) is 12.4. The van der Waals surface area contributed by atoms with Crippen LogP contribution in [-0.2, 0) is 4.79 Å². The number of aromatic nitrogens is 2. The van der Waals surface area contributed by atoms with E-state index in [4.69, 9.17) is 5.73 Å². The SMILES string of the molecule is NCC1(C(=O)Nc2ccc3[nH]ncc3c2)CCCC1. The second kappa shape index (κ2) is 4.66. The first-order valence-corrected chi connectivity index (χ1v) is 6.68. The van der Waals surface area contributed by atoms with Crippen LogP contribution in [0.1, 0.15) is 25.7 Å². The fourth-order valence-corrected chi connectivity index (χ4v) is 2.86. The third-order valence-corrected chi connectivity index (χ3v) is 4.13. The number of fused-ring (bicyclic) bond motifs is 1. The number of hydrogen-bond donors (Lipinski definition) is 3. The Kier molecular flexibility index (Phi) is 2.98. The maximum atomic E-state index is 12.4. The molecule has 1 amide bonds. The number of nitrogens with two attached hydrogens (primary N) is 1. The summed E-state index contributed by atoms with van der Waals surface area (Å²) in [6.45, 7) is 0.423. The van der Waals surface area contributed by atoms with Crippen molar-refractivity contribution in [3.63, 3.8) is 0 Å². The molecular weight excluding hydrogens is 240 g/mol. The predicted molar refractivity (Wildman–Crippen MR) is 74.7 cm³/mol. The normalized spacial score (nSPS) is 17.7. The molecule has 4 N–H and O–H groups in total. The Labute approximate surface area is 111 Å². The molecule has 19 heavy (non-hydrogen) atoms. The van der Waals surface area contributed by atoms with E-state index in [0.717, 1.165) is 42.3 Å². The quantitative estimate of drug-likeness (QED) is 0.787. The Balaban J connectivity index is 1.81. The smallest absolute Gasteiger partial charge is 0.231 e. The third-order valence-electron chi connectivity index (χ3n) is 4.13. The zero-order valence-corrected chi connectivity index (χ0v) is 10.8. The van der Waals surface area contributed by atoms with Gasteiger partial charge in [0.1, 0.15) is 0 Å². The minimum atomic E-state index is -0.370. The number of carbonyl (C=O) groups excluding carboxylic acids is 1. The molecule has 0 unspecified atom stereocenters. The van der Waals surface area contributed by atoms with E-state index in [9.17, 15) is 4.79 Å². The van der Waals surface area contributed by atoms with Gasteiger partial charge in [0.2, 0.25) is 5.91 Å². The van der Waals surface area contributed by atoms with E-state index >= 15 is 0 Å². The highest BCUT2D eigenvalue weighted by Gasteiger charge is 2.39. The van der Waals surface area contributed by atoms with E-state index < -0.39 is 0 Å². The van der Waals surface area contributed by atoms with Crippen molar-refractivity contribution in [2.24, 2.45) is 11.1 Å². The molecule has 5 nitrogen and oxygen atoms in total. The fraction of sp³-hybridized carbons (Fsp3) is 0.429. The van der Waals surface area contributed by atoms with Crippen molar-refractivity contribution < 1.29 is 4.79 Å². The summed E-state index contributed by atoms with van der Waals surface area (Å²) in [5.74, 6) is 0.0512. The number of amides is 1. The molecule has 0 radical (unpaired) electrons. The van der Waals surface area contributed by atoms with Gasteiger partial charge in [0.05, 0.1) is 17.1 Å². The van der Waals surface area contributed by atoms with Crippen LogP contribution in [0.5, 0.6) is 0 Å². The summed E-state index contributed by atoms with van der Waals surface area (Å²) in [5.41, 5.74) is 7.22. The first-order valence-electron chi connectivity index (χ1n) is 6.68. The fourth-order valence-electron chi connectivity index (χ4n) is 2.86. The van der Waals surface area contributed by atoms with Crippen LogP contribution in [0.25, 0.3) is 10.9 Å². The van der Waals surface area contributed by atoms with E-state index in [2.05, 4.69) is 15.5 Å². The van der Waals surface area contributed by atoms with Crippen molar-refractivity contribution in [3.8, 4) is 0 Å². The lowest BCUT2D eigenvalue weighted by molar-refractivity contribution is -0.124. The Morgan fingerprint density at radius 2 is 2.21 bits per heavy atom. The van der Waals surface area contributed by atoms with E-state index in [-0.39, 0.29) is 11.3 Å². The number of H-pyrrole nitrogens is 1. The lowest BCUT2D eigenvalue weighted by Gasteiger charge is -2.25. The lowest BCUT2D eigenvalue weighted by atomic mass is 9.85. The summed E-state index contributed by atoms with van der Waals surface area (Å²) in [5, 5.41) is 10.9. The Hall–Kier alpha value is -1.88. The molecule has 0 saturated heterocycles. The molecule has 2 aromatic rings. The summed E-state index contributed by atoms with van der Waals surface area (Å²) in [6.07, 6.45) is 5.71. The van der Waals surface area contributed by atoms with Gasteiger partial charge in [-0.25, -0.2) is 0 Å². The van der Waals surface area contributed by atoms with E-state index in [1.54, 1.807) is 6.20 Å². The van der Waals surface area contributed by atoms with Gasteiger partial charge in [-0.15, -0.1) is 0 Å². The van der Waals surface area contributed by atoms with Gasteiger partial charge >= 0.3 is 0 Å². The molecule has 100 valence electrons. The molecular formula is C14H18N4O. The second-order valence-corrected chi connectivity index (χ2v) is 5.32. The predicted octanol–water partition coefficient (Wildman–Crippen LogP) is 2.02. The third kappa shape index (κ3) is 2.10. The molecule has 0 spiro atoms. The van der Waals surface area contributed by atoms with Crippen molar-refractivity contribution in [1.82, 2.24) is 10.2 Å². The molecule has 0 bridgehead atoms. The monoisotopic (exact) mass is 258 g/mol. The van der Waals surface area contributed by atoms with E-state index in [0.29, 0.717) is 6.54 Å². The highest BCUT2D eigenvalue weighted by atomic mass is 16.2. The zero-order chi connectivity index (χ0) is 13.3. The van der Waals surface area contributed by atoms with E-state index in [1.807, 2.05) is 18.2 Å². The number of carbonyl (C=O) groups is 1. The first-order chi connectivity index (χ1) is 9.23. The van der Waals surface area contributed by atoms with Gasteiger partial charge in [-0.2, -0.15) is 5.10 Å². The zero-order valence-electron chi connectivity index (χ0n) is 10.8. The Morgan fingerprint density at radius 3 is 2.95 bits per heavy atom. The maximum Gasteiger partial charge on any atom is 0.231 e. The number of nitrogens with zero attached hydrogens (tertiary/aromatic N) is 1. The summed E-state index contributed by atoms with van der Waals surface area (Å²) in [6, 6.07) is 5.73. The highest BCUT2D eigenvalue weighted by molar-refractivity contribution is 5.97. The molecule has 0 aliphatic heterocycles. The van der Waals surface area contributed by atoms with Crippen molar-refractivity contribution in [1.29, 1.82) is 0 Å². The van der Waals surface area contributed by atoms with Crippen molar-refractivity contribution >= 4 is 22.5 Å². The van der Waals surface area contributed by atoms with Crippen LogP contribution in [0.4, 0.5) is 5.69 Å². The van der Waals surface area contributed by atoms with Gasteiger partial charge in [-0.05, 0) is 31.0 Å². The minimum Gasteiger partial charge on any atom is -0.329 e. The number of anilines is 1. The number of nitrogens with one attached hydrogen (secondary N) is 2. The topological polar surface area (TPSA) is 83.8 Å². The highest BCUT2D eigenvalue weighted by Crippen LogP contribution is 2.38. The van der Waals surface area contributed by atoms with Crippen molar-refractivity contribution in [3.05, 3.63) is 24.4 Å². The van der Waals surface area contributed by atoms with Crippen LogP contribution in [-0.4, -0.2) is 22.6 Å². The number of benzene rings is 1. The van der Waals surface area contributed by atoms with Gasteiger partial charge in [0, 0.05) is 17.6 Å². The van der Waals surface area contributed by atoms with Crippen LogP contribution in [0.15, 0.2) is 24.4 Å². The van der Waals surface area contributed by atoms with Gasteiger partial charge in [0.25, 0.3) is 0 Å². The summed E-state index contributed by atoms with van der Waals surface area (Å²) in [7, 11) is 0. The van der Waals surface area contributed by atoms with Gasteiger partial charge in [0.15, 0.2) is 0 Å². The lowest BCUT2D eigenvalue weighted by Crippen LogP contribution is -2.40. The Morgan fingerprint density at radius 1 is 1.42 bits per heavy atom. The number of aromatic amines is 1. The number of rotatable bonds is 3. The maximum absolute atomic E-state index is 12.4. The molecule has 1 fully saturated rings. The molecule has 5 heteroatoms. The minimum absolute atomic E-state index is 0.0512. The molecule has 1 aliphatic rings. The standard InChI is InChI=1S/C14H18N4O/c15-9-14(5-1-2-6-14)13(19)17-11-3-4-12-10(7-11)8-16-18-12/h3-4,7-8H,1-2,5-6,9,15H2,(H,16,18)(H,17,19). The van der Waals surface area contributed by atoms with Crippen LogP contribution < -0.4 is 11.1 Å². The molecule has 3 rings (SSSR count). The van der Waals surface area contributed by atoms with Crippen LogP contribution in [0, 0.1) is 5.41 Å². The second-order valence-electron chi connectivity index (χ2n) is 5.32. The van der Waals surface area contributed by atoms with Gasteiger partial charge < -0.3 is 11.1 Å². The van der Waals surface area contributed by atoms with Gasteiger partial charge in [-0.1, -0.05) is 12.8 Å². The average Bonchev–Trinajstić information content (AvgIpc) is 3.07. The van der Waals surface area contributed by atoms with Crippen LogP contribution in [0.3, 0.4) is 0 Å². The first kappa shape index (κ1) is 12.2. The van der Waals surface area contributed by atoms with Crippen molar-refractivity contribution in [2.45, 2.75) is 25.7 Å². The molecule has 1 aromatic heterocycles.